The Balaban J connectivity index is 2.84. The van der Waals surface area contributed by atoms with E-state index in [0.29, 0.717) is 12.5 Å². The van der Waals surface area contributed by atoms with Crippen molar-refractivity contribution in [3.63, 3.8) is 0 Å². The molecule has 92 valence electrons. The van der Waals surface area contributed by atoms with Gasteiger partial charge in [0, 0.05) is 6.54 Å². The SMILES string of the molecule is COc1ccc(CNC(=O)C=O)cc1C(C)C. The van der Waals surface area contributed by atoms with Crippen LogP contribution in [0.3, 0.4) is 0 Å². The van der Waals surface area contributed by atoms with Gasteiger partial charge >= 0.3 is 0 Å². The van der Waals surface area contributed by atoms with Crippen molar-refractivity contribution in [1.29, 1.82) is 0 Å². The zero-order valence-electron chi connectivity index (χ0n) is 10.3. The normalized spacial score (nSPS) is 10.1. The number of hydrogen-bond acceptors (Lipinski definition) is 3. The summed E-state index contributed by atoms with van der Waals surface area (Å²) in [6.45, 7) is 4.50. The van der Waals surface area contributed by atoms with Crippen molar-refractivity contribution in [3.8, 4) is 5.75 Å². The molecule has 0 bridgehead atoms. The average Bonchev–Trinajstić information content (AvgIpc) is 2.35. The van der Waals surface area contributed by atoms with Crippen LogP contribution in [0.5, 0.6) is 5.75 Å². The van der Waals surface area contributed by atoms with Crippen LogP contribution < -0.4 is 10.1 Å². The van der Waals surface area contributed by atoms with Crippen molar-refractivity contribution < 1.29 is 14.3 Å². The Morgan fingerprint density at radius 3 is 2.71 bits per heavy atom. The molecule has 0 saturated heterocycles. The van der Waals surface area contributed by atoms with Crippen molar-refractivity contribution in [2.75, 3.05) is 7.11 Å². The first kappa shape index (κ1) is 13.2. The zero-order valence-corrected chi connectivity index (χ0v) is 10.3. The van der Waals surface area contributed by atoms with Crippen LogP contribution in [0.1, 0.15) is 30.9 Å². The van der Waals surface area contributed by atoms with Gasteiger partial charge in [-0.15, -0.1) is 0 Å². The second kappa shape index (κ2) is 6.03. The van der Waals surface area contributed by atoms with Crippen molar-refractivity contribution in [3.05, 3.63) is 29.3 Å². The number of ether oxygens (including phenoxy) is 1. The second-order valence-electron chi connectivity index (χ2n) is 4.07. The molecule has 0 radical (unpaired) electrons. The Morgan fingerprint density at radius 1 is 1.47 bits per heavy atom. The summed E-state index contributed by atoms with van der Waals surface area (Å²) < 4.78 is 5.26. The van der Waals surface area contributed by atoms with Crippen molar-refractivity contribution in [2.45, 2.75) is 26.3 Å². The molecule has 0 saturated carbocycles. The van der Waals surface area contributed by atoms with Crippen LogP contribution in [0, 0.1) is 0 Å². The Morgan fingerprint density at radius 2 is 2.18 bits per heavy atom. The predicted octanol–water partition coefficient (Wildman–Crippen LogP) is 1.63. The molecule has 0 fully saturated rings. The van der Waals surface area contributed by atoms with Crippen molar-refractivity contribution in [2.24, 2.45) is 0 Å². The number of aldehydes is 1. The largest absolute Gasteiger partial charge is 0.496 e. The van der Waals surface area contributed by atoms with Gasteiger partial charge in [-0.05, 0) is 23.1 Å². The van der Waals surface area contributed by atoms with Gasteiger partial charge in [-0.3, -0.25) is 9.59 Å². The summed E-state index contributed by atoms with van der Waals surface area (Å²) in [5.41, 5.74) is 2.04. The van der Waals surface area contributed by atoms with Gasteiger partial charge in [-0.2, -0.15) is 0 Å². The lowest BCUT2D eigenvalue weighted by Gasteiger charge is -2.13. The Bertz CT molecular complexity index is 413. The molecule has 0 heterocycles. The van der Waals surface area contributed by atoms with Crippen LogP contribution in [-0.4, -0.2) is 19.3 Å². The molecule has 0 aromatic heterocycles. The molecule has 0 aliphatic rings. The predicted molar refractivity (Wildman–Crippen MR) is 65.0 cm³/mol. The van der Waals surface area contributed by atoms with Crippen LogP contribution in [0.4, 0.5) is 0 Å². The van der Waals surface area contributed by atoms with E-state index < -0.39 is 5.91 Å². The van der Waals surface area contributed by atoms with Gasteiger partial charge in [0.2, 0.25) is 6.29 Å². The van der Waals surface area contributed by atoms with Crippen LogP contribution in [0.15, 0.2) is 18.2 Å². The number of carbonyl (C=O) groups is 2. The summed E-state index contributed by atoms with van der Waals surface area (Å²) in [5.74, 6) is 0.573. The van der Waals surface area contributed by atoms with E-state index >= 15 is 0 Å². The van der Waals surface area contributed by atoms with E-state index in [-0.39, 0.29) is 6.29 Å². The number of rotatable bonds is 5. The van der Waals surface area contributed by atoms with Gasteiger partial charge in [-0.1, -0.05) is 26.0 Å². The molecule has 1 aromatic carbocycles. The molecule has 1 amide bonds. The standard InChI is InChI=1S/C13H17NO3/c1-9(2)11-6-10(4-5-12(11)17-3)7-14-13(16)8-15/h4-6,8-9H,7H2,1-3H3,(H,14,16). The summed E-state index contributed by atoms with van der Waals surface area (Å²) in [6.07, 6.45) is 0.271. The van der Waals surface area contributed by atoms with Gasteiger partial charge < -0.3 is 10.1 Å². The molecule has 0 unspecified atom stereocenters. The summed E-state index contributed by atoms with van der Waals surface area (Å²) in [6, 6.07) is 5.72. The highest BCUT2D eigenvalue weighted by Crippen LogP contribution is 2.27. The number of benzene rings is 1. The highest BCUT2D eigenvalue weighted by molar-refractivity contribution is 6.23. The molecular formula is C13H17NO3. The maximum atomic E-state index is 10.8. The lowest BCUT2D eigenvalue weighted by Crippen LogP contribution is -2.23. The minimum atomic E-state index is -0.605. The van der Waals surface area contributed by atoms with Crippen molar-refractivity contribution in [1.82, 2.24) is 5.32 Å². The lowest BCUT2D eigenvalue weighted by atomic mass is 9.99. The summed E-state index contributed by atoms with van der Waals surface area (Å²) in [4.78, 5) is 21.0. The van der Waals surface area contributed by atoms with Crippen molar-refractivity contribution >= 4 is 12.2 Å². The molecular weight excluding hydrogens is 218 g/mol. The van der Waals surface area contributed by atoms with E-state index in [2.05, 4.69) is 19.2 Å². The first-order valence-corrected chi connectivity index (χ1v) is 5.48. The molecule has 1 rings (SSSR count). The third kappa shape index (κ3) is 3.59. The molecule has 0 atom stereocenters. The van der Waals surface area contributed by atoms with Gasteiger partial charge in [0.15, 0.2) is 0 Å². The fraction of sp³-hybridized carbons (Fsp3) is 0.385. The van der Waals surface area contributed by atoms with Gasteiger partial charge in [0.05, 0.1) is 7.11 Å². The molecule has 4 heteroatoms. The van der Waals surface area contributed by atoms with E-state index in [1.165, 1.54) is 0 Å². The minimum Gasteiger partial charge on any atom is -0.496 e. The first-order chi connectivity index (χ1) is 8.08. The molecule has 1 aromatic rings. The maximum Gasteiger partial charge on any atom is 0.284 e. The highest BCUT2D eigenvalue weighted by atomic mass is 16.5. The quantitative estimate of drug-likeness (QED) is 0.623. The van der Waals surface area contributed by atoms with E-state index in [9.17, 15) is 9.59 Å². The summed E-state index contributed by atoms with van der Waals surface area (Å²) in [5, 5.41) is 2.50. The molecule has 0 aliphatic heterocycles. The van der Waals surface area contributed by atoms with Gasteiger partial charge in [-0.25, -0.2) is 0 Å². The molecule has 0 spiro atoms. The average molecular weight is 235 g/mol. The zero-order chi connectivity index (χ0) is 12.8. The summed E-state index contributed by atoms with van der Waals surface area (Å²) >= 11 is 0. The topological polar surface area (TPSA) is 55.4 Å². The Kier molecular flexibility index (Phi) is 4.69. The second-order valence-corrected chi connectivity index (χ2v) is 4.07. The number of amides is 1. The third-order valence-electron chi connectivity index (χ3n) is 2.49. The van der Waals surface area contributed by atoms with Gasteiger partial charge in [0.1, 0.15) is 5.75 Å². The fourth-order valence-corrected chi connectivity index (χ4v) is 1.58. The number of nitrogens with one attached hydrogen (secondary N) is 1. The smallest absolute Gasteiger partial charge is 0.284 e. The van der Waals surface area contributed by atoms with Crippen LogP contribution in [0.25, 0.3) is 0 Å². The minimum absolute atomic E-state index is 0.271. The Hall–Kier alpha value is -1.84. The number of methoxy groups -OCH3 is 1. The fourth-order valence-electron chi connectivity index (χ4n) is 1.58. The van der Waals surface area contributed by atoms with Gasteiger partial charge in [0.25, 0.3) is 5.91 Å². The van der Waals surface area contributed by atoms with Crippen LogP contribution in [-0.2, 0) is 16.1 Å². The van der Waals surface area contributed by atoms with Crippen LogP contribution >= 0.6 is 0 Å². The Labute approximate surface area is 101 Å². The van der Waals surface area contributed by atoms with E-state index in [1.807, 2.05) is 18.2 Å². The highest BCUT2D eigenvalue weighted by Gasteiger charge is 2.08. The molecule has 0 aliphatic carbocycles. The monoisotopic (exact) mass is 235 g/mol. The van der Waals surface area contributed by atoms with E-state index in [0.717, 1.165) is 16.9 Å². The first-order valence-electron chi connectivity index (χ1n) is 5.48. The summed E-state index contributed by atoms with van der Waals surface area (Å²) in [7, 11) is 1.63. The van der Waals surface area contributed by atoms with E-state index in [1.54, 1.807) is 7.11 Å². The van der Waals surface area contributed by atoms with Crippen LogP contribution in [0.2, 0.25) is 0 Å². The molecule has 1 N–H and O–H groups in total. The van der Waals surface area contributed by atoms with E-state index in [4.69, 9.17) is 4.74 Å². The molecule has 17 heavy (non-hydrogen) atoms. The lowest BCUT2D eigenvalue weighted by molar-refractivity contribution is -0.131. The molecule has 4 nitrogen and oxygen atoms in total. The number of carbonyl (C=O) groups excluding carboxylic acids is 2. The number of hydrogen-bond donors (Lipinski definition) is 1. The third-order valence-corrected chi connectivity index (χ3v) is 2.49. The maximum absolute atomic E-state index is 10.8.